The molecule has 31 heavy (non-hydrogen) atoms. The number of carbonyl (C=O) groups excluding carboxylic acids is 1. The lowest BCUT2D eigenvalue weighted by Crippen LogP contribution is -2.17. The van der Waals surface area contributed by atoms with Crippen molar-refractivity contribution >= 4 is 23.6 Å². The molecule has 1 heterocycles. The van der Waals surface area contributed by atoms with Gasteiger partial charge in [-0.25, -0.2) is 4.98 Å². The van der Waals surface area contributed by atoms with E-state index in [0.29, 0.717) is 5.69 Å². The van der Waals surface area contributed by atoms with Crippen LogP contribution in [-0.2, 0) is 6.18 Å². The van der Waals surface area contributed by atoms with Crippen LogP contribution in [0.25, 0.3) is 17.0 Å². The van der Waals surface area contributed by atoms with Gasteiger partial charge in [0.15, 0.2) is 5.82 Å². The maximum absolute atomic E-state index is 13.4. The van der Waals surface area contributed by atoms with Crippen molar-refractivity contribution in [1.29, 1.82) is 0 Å². The Kier molecular flexibility index (Phi) is 6.44. The van der Waals surface area contributed by atoms with Crippen molar-refractivity contribution in [2.24, 2.45) is 10.7 Å². The number of aromatic nitrogens is 2. The molecule has 0 aliphatic carbocycles. The van der Waals surface area contributed by atoms with E-state index in [2.05, 4.69) is 20.3 Å². The molecule has 1 amide bonds. The van der Waals surface area contributed by atoms with E-state index < -0.39 is 17.6 Å². The van der Waals surface area contributed by atoms with Crippen LogP contribution in [0, 0.1) is 0 Å². The zero-order valence-corrected chi connectivity index (χ0v) is 16.4. The van der Waals surface area contributed by atoms with Crippen LogP contribution in [0.5, 0.6) is 0 Å². The molecule has 0 aliphatic heterocycles. The largest absolute Gasteiger partial charge is 0.417 e. The Labute approximate surface area is 176 Å². The van der Waals surface area contributed by atoms with Crippen LogP contribution in [0.3, 0.4) is 0 Å². The minimum Gasteiger partial charge on any atom is -0.398 e. The lowest BCUT2D eigenvalue weighted by molar-refractivity contribution is -0.137. The molecule has 6 nitrogen and oxygen atoms in total. The summed E-state index contributed by atoms with van der Waals surface area (Å²) in [7, 11) is 1.46. The molecule has 0 unspecified atom stereocenters. The number of hydrogen-bond acceptors (Lipinski definition) is 5. The summed E-state index contributed by atoms with van der Waals surface area (Å²) in [5.41, 5.74) is 5.52. The van der Waals surface area contributed by atoms with Gasteiger partial charge in [0.2, 0.25) is 0 Å². The molecule has 0 aliphatic rings. The predicted octanol–water partition coefficient (Wildman–Crippen LogP) is 4.41. The lowest BCUT2D eigenvalue weighted by atomic mass is 10.00. The van der Waals surface area contributed by atoms with E-state index in [-0.39, 0.29) is 22.6 Å². The molecule has 3 N–H and O–H groups in total. The number of carbonyl (C=O) groups is 1. The number of halogens is 3. The Balaban J connectivity index is 1.99. The van der Waals surface area contributed by atoms with Gasteiger partial charge < -0.3 is 11.1 Å². The maximum Gasteiger partial charge on any atom is 0.417 e. The molecular formula is C22H18F3N5O. The SMILES string of the molecule is CN=CC=C(N)c1cc(C(=O)Nc2nccnc2-c2ccccc2)ccc1C(F)(F)F. The van der Waals surface area contributed by atoms with Crippen molar-refractivity contribution in [2.45, 2.75) is 6.18 Å². The topological polar surface area (TPSA) is 93.3 Å². The second-order valence-electron chi connectivity index (χ2n) is 6.36. The molecule has 0 saturated heterocycles. The Morgan fingerprint density at radius 3 is 2.48 bits per heavy atom. The number of anilines is 1. The molecule has 0 fully saturated rings. The quantitative estimate of drug-likeness (QED) is 0.592. The summed E-state index contributed by atoms with van der Waals surface area (Å²) in [5.74, 6) is -0.466. The first-order valence-corrected chi connectivity index (χ1v) is 9.08. The van der Waals surface area contributed by atoms with Gasteiger partial charge >= 0.3 is 6.18 Å². The zero-order chi connectivity index (χ0) is 22.4. The van der Waals surface area contributed by atoms with Crippen LogP contribution in [-0.4, -0.2) is 29.1 Å². The summed E-state index contributed by atoms with van der Waals surface area (Å²) in [6, 6.07) is 12.1. The second-order valence-corrected chi connectivity index (χ2v) is 6.36. The van der Waals surface area contributed by atoms with E-state index in [9.17, 15) is 18.0 Å². The third-order valence-corrected chi connectivity index (χ3v) is 4.28. The van der Waals surface area contributed by atoms with E-state index in [1.54, 1.807) is 12.1 Å². The van der Waals surface area contributed by atoms with Crippen LogP contribution in [0.1, 0.15) is 21.5 Å². The number of benzene rings is 2. The molecule has 158 valence electrons. The standard InChI is InChI=1S/C22H18F3N5O/c1-27-10-9-18(26)16-13-15(7-8-17(16)22(23,24)25)21(31)30-20-19(28-11-12-29-20)14-5-3-2-4-6-14/h2-13H,26H2,1H3,(H,29,30,31). The lowest BCUT2D eigenvalue weighted by Gasteiger charge is -2.15. The summed E-state index contributed by atoms with van der Waals surface area (Å²) in [6.45, 7) is 0. The van der Waals surface area contributed by atoms with Crippen molar-refractivity contribution < 1.29 is 18.0 Å². The van der Waals surface area contributed by atoms with Crippen LogP contribution in [0.2, 0.25) is 0 Å². The number of rotatable bonds is 5. The molecule has 3 aromatic rings. The fourth-order valence-electron chi connectivity index (χ4n) is 2.83. The first-order valence-electron chi connectivity index (χ1n) is 9.08. The maximum atomic E-state index is 13.4. The summed E-state index contributed by atoms with van der Waals surface area (Å²) in [6.07, 6.45) is 0.758. The van der Waals surface area contributed by atoms with Gasteiger partial charge in [-0.05, 0) is 24.3 Å². The van der Waals surface area contributed by atoms with E-state index in [4.69, 9.17) is 5.73 Å². The highest BCUT2D eigenvalue weighted by atomic mass is 19.4. The van der Waals surface area contributed by atoms with Crippen molar-refractivity contribution in [2.75, 3.05) is 12.4 Å². The zero-order valence-electron chi connectivity index (χ0n) is 16.4. The Morgan fingerprint density at radius 1 is 1.10 bits per heavy atom. The fourth-order valence-corrected chi connectivity index (χ4v) is 2.83. The smallest absolute Gasteiger partial charge is 0.398 e. The summed E-state index contributed by atoms with van der Waals surface area (Å²) < 4.78 is 40.2. The van der Waals surface area contributed by atoms with Gasteiger partial charge in [0.1, 0.15) is 5.69 Å². The Morgan fingerprint density at radius 2 is 1.81 bits per heavy atom. The molecule has 9 heteroatoms. The molecule has 0 saturated carbocycles. The second kappa shape index (κ2) is 9.21. The van der Waals surface area contributed by atoms with Crippen LogP contribution in [0.15, 0.2) is 72.0 Å². The van der Waals surface area contributed by atoms with Gasteiger partial charge in [-0.2, -0.15) is 13.2 Å². The predicted molar refractivity (Wildman–Crippen MR) is 113 cm³/mol. The van der Waals surface area contributed by atoms with Crippen molar-refractivity contribution in [3.8, 4) is 11.3 Å². The normalized spacial score (nSPS) is 12.2. The van der Waals surface area contributed by atoms with Crippen LogP contribution in [0.4, 0.5) is 19.0 Å². The number of amides is 1. The minimum absolute atomic E-state index is 0.0162. The van der Waals surface area contributed by atoms with Crippen LogP contribution >= 0.6 is 0 Å². The first-order chi connectivity index (χ1) is 14.8. The molecule has 1 aromatic heterocycles. The number of alkyl halides is 3. The average Bonchev–Trinajstić information content (AvgIpc) is 2.77. The molecule has 0 bridgehead atoms. The summed E-state index contributed by atoms with van der Waals surface area (Å²) in [5, 5.41) is 2.61. The first kappa shape index (κ1) is 21.7. The van der Waals surface area contributed by atoms with Gasteiger partial charge in [0.25, 0.3) is 5.91 Å². The van der Waals surface area contributed by atoms with E-state index in [1.165, 1.54) is 31.7 Å². The number of nitrogens with one attached hydrogen (secondary N) is 1. The third-order valence-electron chi connectivity index (χ3n) is 4.28. The van der Waals surface area contributed by atoms with Crippen molar-refractivity contribution in [3.05, 3.63) is 83.7 Å². The van der Waals surface area contributed by atoms with E-state index in [1.807, 2.05) is 18.2 Å². The Bertz CT molecular complexity index is 1140. The number of nitrogens with zero attached hydrogens (tertiary/aromatic N) is 3. The average molecular weight is 425 g/mol. The van der Waals surface area contributed by atoms with Gasteiger partial charge in [0.05, 0.1) is 5.56 Å². The fraction of sp³-hybridized carbons (Fsp3) is 0.0909. The molecule has 0 radical (unpaired) electrons. The molecule has 2 aromatic carbocycles. The highest BCUT2D eigenvalue weighted by Gasteiger charge is 2.34. The molecule has 0 atom stereocenters. The number of hydrogen-bond donors (Lipinski definition) is 2. The summed E-state index contributed by atoms with van der Waals surface area (Å²) in [4.78, 5) is 24.9. The van der Waals surface area contributed by atoms with Crippen molar-refractivity contribution in [1.82, 2.24) is 9.97 Å². The van der Waals surface area contributed by atoms with E-state index in [0.717, 1.165) is 23.8 Å². The van der Waals surface area contributed by atoms with Gasteiger partial charge in [-0.15, -0.1) is 0 Å². The number of nitrogens with two attached hydrogens (primary N) is 1. The number of allylic oxidation sites excluding steroid dienone is 1. The van der Waals surface area contributed by atoms with Gasteiger partial charge in [0, 0.05) is 48.0 Å². The molecule has 0 spiro atoms. The Hall–Kier alpha value is -4.01. The van der Waals surface area contributed by atoms with Crippen LogP contribution < -0.4 is 11.1 Å². The minimum atomic E-state index is -4.64. The van der Waals surface area contributed by atoms with Gasteiger partial charge in [-0.3, -0.25) is 14.8 Å². The monoisotopic (exact) mass is 425 g/mol. The third kappa shape index (κ3) is 5.13. The summed E-state index contributed by atoms with van der Waals surface area (Å²) >= 11 is 0. The van der Waals surface area contributed by atoms with E-state index >= 15 is 0 Å². The molecule has 3 rings (SSSR count). The highest BCUT2D eigenvalue weighted by molar-refractivity contribution is 6.06. The highest BCUT2D eigenvalue weighted by Crippen LogP contribution is 2.34. The van der Waals surface area contributed by atoms with Gasteiger partial charge in [-0.1, -0.05) is 30.3 Å². The number of aliphatic imine (C=N–C) groups is 1. The molecular weight excluding hydrogens is 407 g/mol. The van der Waals surface area contributed by atoms with Crippen molar-refractivity contribution in [3.63, 3.8) is 0 Å².